The fourth-order valence-electron chi connectivity index (χ4n) is 1.21. The smallest absolute Gasteiger partial charge is 0.00369 e. The topological polar surface area (TPSA) is 38.0 Å². The molecule has 0 bridgehead atoms. The van der Waals surface area contributed by atoms with E-state index in [0.717, 1.165) is 19.5 Å². The maximum atomic E-state index is 5.37. The Morgan fingerprint density at radius 1 is 0.917 bits per heavy atom. The number of nitrogens with two attached hydrogens (primary N) is 1. The summed E-state index contributed by atoms with van der Waals surface area (Å²) in [5, 5.41) is 3.38. The summed E-state index contributed by atoms with van der Waals surface area (Å²) in [4.78, 5) is 0. The van der Waals surface area contributed by atoms with Gasteiger partial charge in [-0.2, -0.15) is 0 Å². The van der Waals surface area contributed by atoms with Crippen LogP contribution in [0.2, 0.25) is 0 Å². The number of unbranched alkanes of at least 4 members (excludes halogenated alkanes) is 4. The van der Waals surface area contributed by atoms with Crippen molar-refractivity contribution in [2.45, 2.75) is 45.4 Å². The van der Waals surface area contributed by atoms with Crippen LogP contribution < -0.4 is 11.1 Å². The van der Waals surface area contributed by atoms with E-state index >= 15 is 0 Å². The molecule has 0 saturated carbocycles. The van der Waals surface area contributed by atoms with E-state index < -0.39 is 0 Å². The summed E-state index contributed by atoms with van der Waals surface area (Å²) in [6, 6.07) is 0. The molecule has 0 amide bonds. The van der Waals surface area contributed by atoms with Crippen molar-refractivity contribution in [2.24, 2.45) is 5.73 Å². The Morgan fingerprint density at radius 2 is 1.58 bits per heavy atom. The lowest BCUT2D eigenvalue weighted by Crippen LogP contribution is -2.19. The van der Waals surface area contributed by atoms with Crippen molar-refractivity contribution >= 4 is 0 Å². The molecule has 0 aliphatic carbocycles. The molecule has 0 radical (unpaired) electrons. The zero-order chi connectivity index (χ0) is 9.07. The molecule has 0 aromatic heterocycles. The van der Waals surface area contributed by atoms with Crippen molar-refractivity contribution < 1.29 is 0 Å². The third-order valence-corrected chi connectivity index (χ3v) is 2.01. The number of hydrogen-bond donors (Lipinski definition) is 2. The van der Waals surface area contributed by atoms with E-state index in [1.54, 1.807) is 0 Å². The third kappa shape index (κ3) is 9.92. The summed E-state index contributed by atoms with van der Waals surface area (Å²) in [6.45, 7) is 5.32. The molecule has 0 spiro atoms. The van der Waals surface area contributed by atoms with Crippen molar-refractivity contribution in [3.8, 4) is 0 Å². The van der Waals surface area contributed by atoms with Gasteiger partial charge in [-0.1, -0.05) is 32.6 Å². The normalized spacial score (nSPS) is 10.5. The van der Waals surface area contributed by atoms with E-state index in [4.69, 9.17) is 5.73 Å². The van der Waals surface area contributed by atoms with Gasteiger partial charge in [-0.15, -0.1) is 0 Å². The molecule has 3 N–H and O–H groups in total. The number of nitrogens with one attached hydrogen (secondary N) is 1. The van der Waals surface area contributed by atoms with E-state index in [1.165, 1.54) is 38.6 Å². The highest BCUT2D eigenvalue weighted by Crippen LogP contribution is 2.00. The van der Waals surface area contributed by atoms with Gasteiger partial charge < -0.3 is 11.1 Å². The summed E-state index contributed by atoms with van der Waals surface area (Å²) in [7, 11) is 0. The van der Waals surface area contributed by atoms with Crippen LogP contribution in [0.1, 0.15) is 45.4 Å². The summed E-state index contributed by atoms with van der Waals surface area (Å²) >= 11 is 0. The Balaban J connectivity index is 2.73. The summed E-state index contributed by atoms with van der Waals surface area (Å²) in [6.07, 6.45) is 7.93. The highest BCUT2D eigenvalue weighted by atomic mass is 14.8. The molecule has 0 saturated heterocycles. The van der Waals surface area contributed by atoms with Gasteiger partial charge in [0.1, 0.15) is 0 Å². The lowest BCUT2D eigenvalue weighted by molar-refractivity contribution is 0.576. The van der Waals surface area contributed by atoms with Gasteiger partial charge in [0.25, 0.3) is 0 Å². The maximum absolute atomic E-state index is 5.37. The molecule has 0 atom stereocenters. The van der Waals surface area contributed by atoms with Crippen LogP contribution in [-0.4, -0.2) is 19.6 Å². The largest absolute Gasteiger partial charge is 0.330 e. The molecule has 0 aliphatic rings. The van der Waals surface area contributed by atoms with Gasteiger partial charge in [0.15, 0.2) is 0 Å². The van der Waals surface area contributed by atoms with Crippen molar-refractivity contribution in [1.82, 2.24) is 5.32 Å². The second-order valence-electron chi connectivity index (χ2n) is 3.31. The summed E-state index contributed by atoms with van der Waals surface area (Å²) < 4.78 is 0. The lowest BCUT2D eigenvalue weighted by Gasteiger charge is -2.02. The lowest BCUT2D eigenvalue weighted by atomic mass is 10.1. The van der Waals surface area contributed by atoms with Gasteiger partial charge in [-0.05, 0) is 32.5 Å². The minimum Gasteiger partial charge on any atom is -0.330 e. The van der Waals surface area contributed by atoms with Crippen LogP contribution in [0.15, 0.2) is 0 Å². The SMILES string of the molecule is CCCCCCCNCCCN. The first-order chi connectivity index (χ1) is 5.91. The molecule has 0 rings (SSSR count). The Bertz CT molecular complexity index is 64.2. The Kier molecular flexibility index (Phi) is 10.8. The van der Waals surface area contributed by atoms with Crippen LogP contribution in [0.3, 0.4) is 0 Å². The molecule has 0 aliphatic heterocycles. The average molecular weight is 172 g/mol. The molecule has 0 fully saturated rings. The van der Waals surface area contributed by atoms with Crippen molar-refractivity contribution in [2.75, 3.05) is 19.6 Å². The van der Waals surface area contributed by atoms with E-state index in [1.807, 2.05) is 0 Å². The second kappa shape index (κ2) is 10.9. The fourth-order valence-corrected chi connectivity index (χ4v) is 1.21. The molecule has 0 aromatic rings. The molecule has 2 nitrogen and oxygen atoms in total. The standard InChI is InChI=1S/C10H24N2/c1-2-3-4-5-6-9-12-10-7-8-11/h12H,2-11H2,1H3. The van der Waals surface area contributed by atoms with Crippen LogP contribution in [0.25, 0.3) is 0 Å². The maximum Gasteiger partial charge on any atom is -0.00369 e. The predicted molar refractivity (Wildman–Crippen MR) is 55.3 cm³/mol. The highest BCUT2D eigenvalue weighted by Gasteiger charge is 1.88. The quantitative estimate of drug-likeness (QED) is 0.521. The van der Waals surface area contributed by atoms with Gasteiger partial charge in [0.2, 0.25) is 0 Å². The van der Waals surface area contributed by atoms with Crippen LogP contribution in [0.5, 0.6) is 0 Å². The van der Waals surface area contributed by atoms with Gasteiger partial charge in [0.05, 0.1) is 0 Å². The van der Waals surface area contributed by atoms with E-state index in [0.29, 0.717) is 0 Å². The third-order valence-electron chi connectivity index (χ3n) is 2.01. The zero-order valence-corrected chi connectivity index (χ0v) is 8.44. The Morgan fingerprint density at radius 3 is 2.25 bits per heavy atom. The van der Waals surface area contributed by atoms with Crippen molar-refractivity contribution in [3.05, 3.63) is 0 Å². The first-order valence-corrected chi connectivity index (χ1v) is 5.32. The van der Waals surface area contributed by atoms with Gasteiger partial charge in [-0.25, -0.2) is 0 Å². The Hall–Kier alpha value is -0.0800. The van der Waals surface area contributed by atoms with Gasteiger partial charge in [0, 0.05) is 0 Å². The predicted octanol–water partition coefficient (Wildman–Crippen LogP) is 1.90. The first-order valence-electron chi connectivity index (χ1n) is 5.32. The monoisotopic (exact) mass is 172 g/mol. The van der Waals surface area contributed by atoms with Crippen LogP contribution in [-0.2, 0) is 0 Å². The second-order valence-corrected chi connectivity index (χ2v) is 3.31. The highest BCUT2D eigenvalue weighted by molar-refractivity contribution is 4.49. The zero-order valence-electron chi connectivity index (χ0n) is 8.44. The van der Waals surface area contributed by atoms with Crippen molar-refractivity contribution in [3.63, 3.8) is 0 Å². The van der Waals surface area contributed by atoms with E-state index in [9.17, 15) is 0 Å². The van der Waals surface area contributed by atoms with Crippen LogP contribution >= 0.6 is 0 Å². The van der Waals surface area contributed by atoms with Gasteiger partial charge in [-0.3, -0.25) is 0 Å². The Labute approximate surface area is 76.9 Å². The fraction of sp³-hybridized carbons (Fsp3) is 1.00. The minimum absolute atomic E-state index is 0.808. The molecule has 74 valence electrons. The number of hydrogen-bond acceptors (Lipinski definition) is 2. The molecule has 0 heterocycles. The van der Waals surface area contributed by atoms with Crippen molar-refractivity contribution in [1.29, 1.82) is 0 Å². The van der Waals surface area contributed by atoms with Gasteiger partial charge >= 0.3 is 0 Å². The van der Waals surface area contributed by atoms with E-state index in [-0.39, 0.29) is 0 Å². The molecular weight excluding hydrogens is 148 g/mol. The minimum atomic E-state index is 0.808. The first kappa shape index (κ1) is 11.9. The average Bonchev–Trinajstić information content (AvgIpc) is 2.10. The van der Waals surface area contributed by atoms with Crippen LogP contribution in [0, 0.1) is 0 Å². The molecule has 12 heavy (non-hydrogen) atoms. The molecule has 0 aromatic carbocycles. The molecule has 0 unspecified atom stereocenters. The summed E-state index contributed by atoms with van der Waals surface area (Å²) in [5.74, 6) is 0. The number of rotatable bonds is 9. The van der Waals surface area contributed by atoms with Crippen LogP contribution in [0.4, 0.5) is 0 Å². The molecular formula is C10H24N2. The summed E-state index contributed by atoms with van der Waals surface area (Å²) in [5.41, 5.74) is 5.37. The molecule has 2 heteroatoms. The van der Waals surface area contributed by atoms with E-state index in [2.05, 4.69) is 12.2 Å².